The second kappa shape index (κ2) is 6.29. The molecule has 2 aliphatic rings. The number of carbonyl (C=O) groups excluding carboxylic acids is 2. The largest absolute Gasteiger partial charge is 0.430 e. The van der Waals surface area contributed by atoms with Crippen LogP contribution >= 0.6 is 0 Å². The smallest absolute Gasteiger partial charge is 0.335 e. The van der Waals surface area contributed by atoms with Crippen molar-refractivity contribution in [1.82, 2.24) is 10.2 Å². The third-order valence-corrected chi connectivity index (χ3v) is 5.16. The number of hydrogen-bond acceptors (Lipinski definition) is 5. The predicted molar refractivity (Wildman–Crippen MR) is 90.2 cm³/mol. The van der Waals surface area contributed by atoms with E-state index in [1.807, 2.05) is 18.7 Å². The van der Waals surface area contributed by atoms with Gasteiger partial charge in [0, 0.05) is 26.1 Å². The summed E-state index contributed by atoms with van der Waals surface area (Å²) in [5, 5.41) is 2.64. The van der Waals surface area contributed by atoms with E-state index in [0.717, 1.165) is 12.8 Å². The summed E-state index contributed by atoms with van der Waals surface area (Å²) in [6, 6.07) is 2.72. The van der Waals surface area contributed by atoms with Crippen molar-refractivity contribution in [2.75, 3.05) is 13.6 Å². The van der Waals surface area contributed by atoms with Crippen LogP contribution < -0.4 is 10.9 Å². The topological polar surface area (TPSA) is 88.9 Å². The lowest BCUT2D eigenvalue weighted by atomic mass is 9.82. The minimum atomic E-state index is -0.511. The molecule has 2 amide bonds. The lowest BCUT2D eigenvalue weighted by Gasteiger charge is -2.38. The molecule has 1 aromatic rings. The summed E-state index contributed by atoms with van der Waals surface area (Å²) >= 11 is 0. The van der Waals surface area contributed by atoms with Crippen LogP contribution in [0.1, 0.15) is 49.9 Å². The Balaban J connectivity index is 1.93. The molecule has 0 bridgehead atoms. The molecule has 2 aliphatic heterocycles. The molecule has 0 unspecified atom stereocenters. The second-order valence-corrected chi connectivity index (χ2v) is 7.43. The van der Waals surface area contributed by atoms with Gasteiger partial charge in [-0.1, -0.05) is 0 Å². The van der Waals surface area contributed by atoms with Crippen LogP contribution in [-0.2, 0) is 9.53 Å². The number of likely N-dealkylation sites (tertiary alicyclic amines) is 1. The van der Waals surface area contributed by atoms with Crippen LogP contribution in [0.5, 0.6) is 0 Å². The van der Waals surface area contributed by atoms with Crippen LogP contribution in [0.4, 0.5) is 0 Å². The summed E-state index contributed by atoms with van der Waals surface area (Å²) in [5.74, 6) is -0.295. The van der Waals surface area contributed by atoms with E-state index in [4.69, 9.17) is 9.15 Å². The van der Waals surface area contributed by atoms with Gasteiger partial charge in [0.05, 0.1) is 29.2 Å². The monoisotopic (exact) mass is 348 g/mol. The van der Waals surface area contributed by atoms with Crippen molar-refractivity contribution in [1.29, 1.82) is 0 Å². The average molecular weight is 348 g/mol. The van der Waals surface area contributed by atoms with Crippen LogP contribution in [0.2, 0.25) is 0 Å². The highest BCUT2D eigenvalue weighted by Crippen LogP contribution is 2.49. The number of nitrogens with zero attached hydrogens (tertiary/aromatic N) is 1. The Morgan fingerprint density at radius 3 is 2.76 bits per heavy atom. The Morgan fingerprint density at radius 1 is 1.36 bits per heavy atom. The predicted octanol–water partition coefficient (Wildman–Crippen LogP) is 1.32. The van der Waals surface area contributed by atoms with Crippen molar-refractivity contribution in [2.24, 2.45) is 0 Å². The quantitative estimate of drug-likeness (QED) is 0.890. The van der Waals surface area contributed by atoms with E-state index in [9.17, 15) is 14.4 Å². The van der Waals surface area contributed by atoms with Gasteiger partial charge < -0.3 is 19.4 Å². The maximum absolute atomic E-state index is 13.0. The van der Waals surface area contributed by atoms with Crippen molar-refractivity contribution < 1.29 is 18.7 Å². The second-order valence-electron chi connectivity index (χ2n) is 7.43. The Hall–Kier alpha value is -2.15. The van der Waals surface area contributed by atoms with E-state index in [0.29, 0.717) is 18.5 Å². The zero-order valence-electron chi connectivity index (χ0n) is 14.8. The molecule has 136 valence electrons. The van der Waals surface area contributed by atoms with Gasteiger partial charge in [0.2, 0.25) is 5.91 Å². The summed E-state index contributed by atoms with van der Waals surface area (Å²) in [6.45, 7) is 4.57. The molecule has 1 spiro atoms. The number of nitrogens with one attached hydrogen (secondary N) is 1. The molecular formula is C18H24N2O5. The first-order chi connectivity index (χ1) is 11.8. The highest BCUT2D eigenvalue weighted by molar-refractivity contribution is 5.94. The van der Waals surface area contributed by atoms with E-state index in [2.05, 4.69) is 5.32 Å². The molecule has 0 saturated carbocycles. The number of ether oxygens (including phenoxy) is 1. The van der Waals surface area contributed by atoms with Crippen LogP contribution in [-0.4, -0.2) is 47.6 Å². The minimum Gasteiger partial charge on any atom is -0.430 e. The molecule has 7 nitrogen and oxygen atoms in total. The van der Waals surface area contributed by atoms with Crippen molar-refractivity contribution in [2.45, 2.75) is 56.8 Å². The van der Waals surface area contributed by atoms with E-state index >= 15 is 0 Å². The maximum atomic E-state index is 13.0. The zero-order chi connectivity index (χ0) is 18.2. The van der Waals surface area contributed by atoms with Crippen molar-refractivity contribution in [3.8, 4) is 0 Å². The molecule has 2 fully saturated rings. The van der Waals surface area contributed by atoms with E-state index in [1.54, 1.807) is 7.05 Å². The van der Waals surface area contributed by atoms with E-state index < -0.39 is 16.8 Å². The van der Waals surface area contributed by atoms with Crippen LogP contribution in [0.3, 0.4) is 0 Å². The molecule has 3 heterocycles. The molecule has 25 heavy (non-hydrogen) atoms. The molecular weight excluding hydrogens is 324 g/mol. The fraction of sp³-hybridized carbons (Fsp3) is 0.611. The van der Waals surface area contributed by atoms with Gasteiger partial charge in [-0.2, -0.15) is 0 Å². The van der Waals surface area contributed by atoms with Gasteiger partial charge in [-0.05, 0) is 32.8 Å². The first kappa shape index (κ1) is 17.7. The Kier molecular flexibility index (Phi) is 4.45. The lowest BCUT2D eigenvalue weighted by Crippen LogP contribution is -2.53. The molecule has 3 rings (SSSR count). The Labute approximate surface area is 146 Å². The maximum Gasteiger partial charge on any atom is 0.335 e. The van der Waals surface area contributed by atoms with Crippen LogP contribution in [0.15, 0.2) is 27.6 Å². The molecule has 1 N–H and O–H groups in total. The van der Waals surface area contributed by atoms with Gasteiger partial charge in [0.25, 0.3) is 5.91 Å². The van der Waals surface area contributed by atoms with Gasteiger partial charge in [-0.25, -0.2) is 4.79 Å². The Morgan fingerprint density at radius 2 is 2.12 bits per heavy atom. The highest BCUT2D eigenvalue weighted by Gasteiger charge is 2.58. The summed E-state index contributed by atoms with van der Waals surface area (Å²) in [5.41, 5.74) is -1.08. The third kappa shape index (κ3) is 3.20. The lowest BCUT2D eigenvalue weighted by molar-refractivity contribution is -0.126. The van der Waals surface area contributed by atoms with Crippen molar-refractivity contribution >= 4 is 11.8 Å². The zero-order valence-corrected chi connectivity index (χ0v) is 14.8. The van der Waals surface area contributed by atoms with Gasteiger partial charge in [-0.3, -0.25) is 9.59 Å². The van der Waals surface area contributed by atoms with Gasteiger partial charge in [0.1, 0.15) is 6.26 Å². The van der Waals surface area contributed by atoms with Crippen LogP contribution in [0.25, 0.3) is 0 Å². The standard InChI is InChI=1S/C18H24N2O5/c1-17(2)11-18(13(25-17)9-14(21)19-3)7-4-8-20(18)16(23)12-5-6-15(22)24-10-12/h5-6,10,13H,4,7-9,11H2,1-3H3,(H,19,21)/t13-,18+/m0/s1. The molecule has 0 aliphatic carbocycles. The molecule has 0 radical (unpaired) electrons. The number of amides is 2. The molecule has 7 heteroatoms. The molecule has 2 saturated heterocycles. The number of rotatable bonds is 3. The summed E-state index contributed by atoms with van der Waals surface area (Å²) in [7, 11) is 1.60. The first-order valence-corrected chi connectivity index (χ1v) is 8.57. The minimum absolute atomic E-state index is 0.105. The van der Waals surface area contributed by atoms with Gasteiger partial charge in [0.15, 0.2) is 0 Å². The van der Waals surface area contributed by atoms with Gasteiger partial charge >= 0.3 is 5.63 Å². The number of carbonyl (C=O) groups is 2. The van der Waals surface area contributed by atoms with E-state index in [1.165, 1.54) is 18.4 Å². The normalized spacial score (nSPS) is 27.6. The molecule has 0 aromatic carbocycles. The Bertz CT molecular complexity index is 721. The van der Waals surface area contributed by atoms with Crippen LogP contribution in [0, 0.1) is 0 Å². The van der Waals surface area contributed by atoms with Crippen molar-refractivity contribution in [3.63, 3.8) is 0 Å². The van der Waals surface area contributed by atoms with Crippen molar-refractivity contribution in [3.05, 3.63) is 34.4 Å². The SMILES string of the molecule is CNC(=O)C[C@@H]1OC(C)(C)C[C@]12CCCN2C(=O)c1ccc(=O)oc1. The molecule has 2 atom stereocenters. The third-order valence-electron chi connectivity index (χ3n) is 5.16. The van der Waals surface area contributed by atoms with E-state index in [-0.39, 0.29) is 24.3 Å². The number of hydrogen-bond donors (Lipinski definition) is 1. The summed E-state index contributed by atoms with van der Waals surface area (Å²) < 4.78 is 11.0. The summed E-state index contributed by atoms with van der Waals surface area (Å²) in [6.07, 6.45) is 3.38. The van der Waals surface area contributed by atoms with Gasteiger partial charge in [-0.15, -0.1) is 0 Å². The average Bonchev–Trinajstić information content (AvgIpc) is 3.08. The fourth-order valence-electron chi connectivity index (χ4n) is 4.25. The fourth-order valence-corrected chi connectivity index (χ4v) is 4.25. The first-order valence-electron chi connectivity index (χ1n) is 8.57. The highest BCUT2D eigenvalue weighted by atomic mass is 16.5. The summed E-state index contributed by atoms with van der Waals surface area (Å²) in [4.78, 5) is 38.0. The molecule has 1 aromatic heterocycles.